The number of halogens is 4. The molecule has 1 rings (SSSR count). The van der Waals surface area contributed by atoms with Gasteiger partial charge in [-0.15, -0.1) is 0 Å². The quantitative estimate of drug-likeness (QED) is 0.665. The van der Waals surface area contributed by atoms with Crippen LogP contribution in [0.1, 0.15) is 11.1 Å². The molecule has 0 amide bonds. The second-order valence-electron chi connectivity index (χ2n) is 2.94. The average Bonchev–Trinajstić information content (AvgIpc) is 2.07. The zero-order chi connectivity index (χ0) is 10.9. The molecule has 0 aromatic heterocycles. The van der Waals surface area contributed by atoms with Crippen molar-refractivity contribution in [3.8, 4) is 0 Å². The van der Waals surface area contributed by atoms with Gasteiger partial charge in [-0.3, -0.25) is 0 Å². The first-order chi connectivity index (χ1) is 6.32. The van der Waals surface area contributed by atoms with Gasteiger partial charge in [0.1, 0.15) is 0 Å². The Labute approximate surface area is 85.0 Å². The largest absolute Gasteiger partial charge is 0.416 e. The lowest BCUT2D eigenvalue weighted by Gasteiger charge is -2.10. The molecule has 0 aliphatic rings. The lowest BCUT2D eigenvalue weighted by Crippen LogP contribution is -2.09. The van der Waals surface area contributed by atoms with E-state index in [1.54, 1.807) is 6.92 Å². The number of alkyl halides is 3. The van der Waals surface area contributed by atoms with E-state index < -0.39 is 11.7 Å². The summed E-state index contributed by atoms with van der Waals surface area (Å²) in [6.45, 7) is 4.71. The SMILES string of the molecule is C=C(c1ccc(C)c(Cl)c1)C(F)(F)F. The van der Waals surface area contributed by atoms with Crippen LogP contribution >= 0.6 is 11.6 Å². The molecule has 1 aromatic rings. The molecular weight excluding hydrogens is 213 g/mol. The lowest BCUT2D eigenvalue weighted by atomic mass is 10.1. The Morgan fingerprint density at radius 2 is 1.93 bits per heavy atom. The van der Waals surface area contributed by atoms with E-state index in [9.17, 15) is 13.2 Å². The zero-order valence-electron chi connectivity index (χ0n) is 7.45. The van der Waals surface area contributed by atoms with Crippen molar-refractivity contribution in [1.82, 2.24) is 0 Å². The van der Waals surface area contributed by atoms with Gasteiger partial charge in [0.05, 0.1) is 5.57 Å². The summed E-state index contributed by atoms with van der Waals surface area (Å²) in [5.74, 6) is 0. The number of hydrogen-bond donors (Lipinski definition) is 0. The fraction of sp³-hybridized carbons (Fsp3) is 0.200. The summed E-state index contributed by atoms with van der Waals surface area (Å²) in [6.07, 6.45) is -4.40. The Bertz CT molecular complexity index is 366. The summed E-state index contributed by atoms with van der Waals surface area (Å²) in [6, 6.07) is 4.17. The molecule has 0 saturated carbocycles. The van der Waals surface area contributed by atoms with Crippen LogP contribution in [0.5, 0.6) is 0 Å². The Hall–Kier alpha value is -0.960. The number of aryl methyl sites for hydroxylation is 1. The Morgan fingerprint density at radius 3 is 2.36 bits per heavy atom. The summed E-state index contributed by atoms with van der Waals surface area (Å²) >= 11 is 5.70. The predicted molar refractivity (Wildman–Crippen MR) is 51.3 cm³/mol. The smallest absolute Gasteiger partial charge is 0.166 e. The maximum atomic E-state index is 12.2. The van der Waals surface area contributed by atoms with Gasteiger partial charge in [0.15, 0.2) is 0 Å². The van der Waals surface area contributed by atoms with E-state index in [0.717, 1.165) is 5.56 Å². The maximum absolute atomic E-state index is 12.2. The Kier molecular flexibility index (Phi) is 2.90. The molecular formula is C10H8ClF3. The third kappa shape index (κ3) is 2.29. The Balaban J connectivity index is 3.10. The van der Waals surface area contributed by atoms with Crippen molar-refractivity contribution in [2.75, 3.05) is 0 Å². The molecule has 0 heterocycles. The molecule has 0 radical (unpaired) electrons. The van der Waals surface area contributed by atoms with Crippen molar-refractivity contribution in [2.45, 2.75) is 13.1 Å². The van der Waals surface area contributed by atoms with Gasteiger partial charge in [0.25, 0.3) is 0 Å². The van der Waals surface area contributed by atoms with E-state index in [0.29, 0.717) is 5.02 Å². The van der Waals surface area contributed by atoms with Gasteiger partial charge in [-0.05, 0) is 24.1 Å². The van der Waals surface area contributed by atoms with Gasteiger partial charge in [-0.1, -0.05) is 30.3 Å². The minimum Gasteiger partial charge on any atom is -0.166 e. The van der Waals surface area contributed by atoms with E-state index >= 15 is 0 Å². The van der Waals surface area contributed by atoms with Gasteiger partial charge < -0.3 is 0 Å². The molecule has 0 fully saturated rings. The average molecular weight is 221 g/mol. The van der Waals surface area contributed by atoms with Crippen LogP contribution in [0, 0.1) is 6.92 Å². The first-order valence-electron chi connectivity index (χ1n) is 3.85. The van der Waals surface area contributed by atoms with E-state index in [2.05, 4.69) is 6.58 Å². The normalized spacial score (nSPS) is 11.5. The van der Waals surface area contributed by atoms with Gasteiger partial charge in [0, 0.05) is 5.02 Å². The number of hydrogen-bond acceptors (Lipinski definition) is 0. The topological polar surface area (TPSA) is 0 Å². The molecule has 0 aliphatic heterocycles. The molecule has 0 spiro atoms. The standard InChI is InChI=1S/C10H8ClF3/c1-6-3-4-8(5-9(6)11)7(2)10(12,13)14/h3-5H,2H2,1H3. The van der Waals surface area contributed by atoms with Crippen LogP contribution in [-0.2, 0) is 0 Å². The van der Waals surface area contributed by atoms with Crippen molar-refractivity contribution in [3.05, 3.63) is 40.9 Å². The fourth-order valence-electron chi connectivity index (χ4n) is 0.944. The fourth-order valence-corrected chi connectivity index (χ4v) is 1.12. The van der Waals surface area contributed by atoms with Crippen LogP contribution in [0.25, 0.3) is 5.57 Å². The molecule has 1 aromatic carbocycles. The second kappa shape index (κ2) is 3.65. The summed E-state index contributed by atoms with van der Waals surface area (Å²) in [7, 11) is 0. The number of benzene rings is 1. The van der Waals surface area contributed by atoms with E-state index in [-0.39, 0.29) is 5.56 Å². The van der Waals surface area contributed by atoms with E-state index in [1.807, 2.05) is 0 Å². The second-order valence-corrected chi connectivity index (χ2v) is 3.35. The van der Waals surface area contributed by atoms with Crippen LogP contribution in [0.3, 0.4) is 0 Å². The minimum atomic E-state index is -4.40. The zero-order valence-corrected chi connectivity index (χ0v) is 8.21. The monoisotopic (exact) mass is 220 g/mol. The molecule has 4 heteroatoms. The first kappa shape index (κ1) is 11.1. The summed E-state index contributed by atoms with van der Waals surface area (Å²) in [4.78, 5) is 0. The highest BCUT2D eigenvalue weighted by molar-refractivity contribution is 6.31. The first-order valence-corrected chi connectivity index (χ1v) is 4.23. The molecule has 0 unspecified atom stereocenters. The van der Waals surface area contributed by atoms with Crippen molar-refractivity contribution in [2.24, 2.45) is 0 Å². The molecule has 0 N–H and O–H groups in total. The molecule has 0 saturated heterocycles. The van der Waals surface area contributed by atoms with E-state index in [1.165, 1.54) is 18.2 Å². The van der Waals surface area contributed by atoms with Crippen molar-refractivity contribution >= 4 is 17.2 Å². The highest BCUT2D eigenvalue weighted by Crippen LogP contribution is 2.33. The summed E-state index contributed by atoms with van der Waals surface area (Å²) in [5.41, 5.74) is -0.127. The molecule has 76 valence electrons. The molecule has 0 nitrogen and oxygen atoms in total. The predicted octanol–water partition coefficient (Wildman–Crippen LogP) is 4.22. The summed E-state index contributed by atoms with van der Waals surface area (Å²) < 4.78 is 36.7. The third-order valence-electron chi connectivity index (χ3n) is 1.86. The third-order valence-corrected chi connectivity index (χ3v) is 2.27. The van der Waals surface area contributed by atoms with Crippen molar-refractivity contribution in [1.29, 1.82) is 0 Å². The molecule has 14 heavy (non-hydrogen) atoms. The number of allylic oxidation sites excluding steroid dienone is 1. The van der Waals surface area contributed by atoms with Gasteiger partial charge in [-0.25, -0.2) is 0 Å². The lowest BCUT2D eigenvalue weighted by molar-refractivity contribution is -0.0686. The van der Waals surface area contributed by atoms with E-state index in [4.69, 9.17) is 11.6 Å². The molecule has 0 atom stereocenters. The van der Waals surface area contributed by atoms with Crippen molar-refractivity contribution < 1.29 is 13.2 Å². The molecule has 0 bridgehead atoms. The summed E-state index contributed by atoms with van der Waals surface area (Å²) in [5, 5.41) is 0.313. The molecule has 0 aliphatic carbocycles. The highest BCUT2D eigenvalue weighted by atomic mass is 35.5. The van der Waals surface area contributed by atoms with Gasteiger partial charge in [0.2, 0.25) is 0 Å². The minimum absolute atomic E-state index is 0.00750. The maximum Gasteiger partial charge on any atom is 0.416 e. The van der Waals surface area contributed by atoms with Crippen LogP contribution in [0.15, 0.2) is 24.8 Å². The Morgan fingerprint density at radius 1 is 1.36 bits per heavy atom. The number of rotatable bonds is 1. The van der Waals surface area contributed by atoms with Gasteiger partial charge >= 0.3 is 6.18 Å². The van der Waals surface area contributed by atoms with Crippen LogP contribution in [0.2, 0.25) is 5.02 Å². The van der Waals surface area contributed by atoms with Crippen LogP contribution < -0.4 is 0 Å². The van der Waals surface area contributed by atoms with Crippen molar-refractivity contribution in [3.63, 3.8) is 0 Å². The van der Waals surface area contributed by atoms with Crippen LogP contribution in [0.4, 0.5) is 13.2 Å². The highest BCUT2D eigenvalue weighted by Gasteiger charge is 2.32. The van der Waals surface area contributed by atoms with Gasteiger partial charge in [-0.2, -0.15) is 13.2 Å². The van der Waals surface area contributed by atoms with Crippen LogP contribution in [-0.4, -0.2) is 6.18 Å².